The van der Waals surface area contributed by atoms with E-state index in [4.69, 9.17) is 11.6 Å². The quantitative estimate of drug-likeness (QED) is 0.699. The Morgan fingerprint density at radius 1 is 0.769 bits per heavy atom. The van der Waals surface area contributed by atoms with Crippen molar-refractivity contribution in [1.82, 2.24) is 5.32 Å². The predicted octanol–water partition coefficient (Wildman–Crippen LogP) is 4.52. The van der Waals surface area contributed by atoms with Gasteiger partial charge in [0.1, 0.15) is 0 Å². The van der Waals surface area contributed by atoms with Crippen molar-refractivity contribution < 1.29 is 9.59 Å². The first-order valence-corrected chi connectivity index (χ1v) is 8.49. The summed E-state index contributed by atoms with van der Waals surface area (Å²) in [5.74, 6) is -0.550. The number of nitrogens with one attached hydrogen (secondary N) is 2. The van der Waals surface area contributed by atoms with E-state index in [9.17, 15) is 9.59 Å². The molecule has 2 amide bonds. The number of halogens is 1. The number of hydrogen-bond donors (Lipinski definition) is 2. The van der Waals surface area contributed by atoms with Crippen LogP contribution in [0.5, 0.6) is 0 Å². The maximum Gasteiger partial charge on any atom is 0.255 e. The van der Waals surface area contributed by atoms with E-state index >= 15 is 0 Å². The highest BCUT2D eigenvalue weighted by Crippen LogP contribution is 2.17. The van der Waals surface area contributed by atoms with Gasteiger partial charge in [0.15, 0.2) is 0 Å². The van der Waals surface area contributed by atoms with Crippen molar-refractivity contribution >= 4 is 29.1 Å². The van der Waals surface area contributed by atoms with Gasteiger partial charge in [-0.3, -0.25) is 9.59 Å². The molecular weight excluding hydrogens is 348 g/mol. The zero-order chi connectivity index (χ0) is 18.4. The van der Waals surface area contributed by atoms with E-state index in [0.717, 1.165) is 5.56 Å². The highest BCUT2D eigenvalue weighted by Gasteiger charge is 2.14. The molecule has 4 nitrogen and oxygen atoms in total. The molecule has 0 aromatic heterocycles. The molecule has 3 rings (SSSR count). The van der Waals surface area contributed by atoms with Gasteiger partial charge >= 0.3 is 0 Å². The first-order valence-electron chi connectivity index (χ1n) is 8.11. The minimum absolute atomic E-state index is 0.249. The van der Waals surface area contributed by atoms with Crippen LogP contribution in [0.1, 0.15) is 26.3 Å². The molecule has 26 heavy (non-hydrogen) atoms. The van der Waals surface area contributed by atoms with Gasteiger partial charge in [0.05, 0.1) is 11.3 Å². The highest BCUT2D eigenvalue weighted by atomic mass is 35.5. The third kappa shape index (κ3) is 4.49. The highest BCUT2D eigenvalue weighted by molar-refractivity contribution is 6.30. The summed E-state index contributed by atoms with van der Waals surface area (Å²) in [5.41, 5.74) is 2.33. The number of para-hydroxylation sites is 1. The lowest BCUT2D eigenvalue weighted by Crippen LogP contribution is -2.24. The topological polar surface area (TPSA) is 58.2 Å². The van der Waals surface area contributed by atoms with E-state index in [1.54, 1.807) is 48.5 Å². The predicted molar refractivity (Wildman–Crippen MR) is 103 cm³/mol. The SMILES string of the molecule is O=C(Nc1ccccc1C(=O)NCc1ccccc1)c1ccc(Cl)cc1. The van der Waals surface area contributed by atoms with Gasteiger partial charge < -0.3 is 10.6 Å². The van der Waals surface area contributed by atoms with Gasteiger partial charge in [0.2, 0.25) is 0 Å². The zero-order valence-corrected chi connectivity index (χ0v) is 14.7. The largest absolute Gasteiger partial charge is 0.348 e. The van der Waals surface area contributed by atoms with Crippen LogP contribution in [-0.2, 0) is 6.54 Å². The Kier molecular flexibility index (Phi) is 5.66. The van der Waals surface area contributed by atoms with Crippen molar-refractivity contribution in [3.63, 3.8) is 0 Å². The Morgan fingerprint density at radius 2 is 1.42 bits per heavy atom. The minimum Gasteiger partial charge on any atom is -0.348 e. The van der Waals surface area contributed by atoms with Crippen LogP contribution in [0.15, 0.2) is 78.9 Å². The molecule has 5 heteroatoms. The number of carbonyl (C=O) groups is 2. The van der Waals surface area contributed by atoms with Crippen LogP contribution in [0.25, 0.3) is 0 Å². The molecule has 0 aliphatic carbocycles. The summed E-state index contributed by atoms with van der Waals surface area (Å²) in [6.07, 6.45) is 0. The number of rotatable bonds is 5. The van der Waals surface area contributed by atoms with E-state index in [0.29, 0.717) is 28.4 Å². The molecule has 130 valence electrons. The van der Waals surface area contributed by atoms with Crippen molar-refractivity contribution in [2.75, 3.05) is 5.32 Å². The van der Waals surface area contributed by atoms with Crippen LogP contribution >= 0.6 is 11.6 Å². The van der Waals surface area contributed by atoms with E-state index in [-0.39, 0.29) is 11.8 Å². The molecule has 0 saturated heterocycles. The van der Waals surface area contributed by atoms with Crippen LogP contribution in [0.2, 0.25) is 5.02 Å². The average Bonchev–Trinajstić information content (AvgIpc) is 2.68. The van der Waals surface area contributed by atoms with Crippen molar-refractivity contribution in [1.29, 1.82) is 0 Å². The first kappa shape index (κ1) is 17.7. The second kappa shape index (κ2) is 8.32. The van der Waals surface area contributed by atoms with Gasteiger partial charge in [0, 0.05) is 17.1 Å². The molecule has 0 fully saturated rings. The monoisotopic (exact) mass is 364 g/mol. The first-order chi connectivity index (χ1) is 12.6. The standard InChI is InChI=1S/C21H17ClN2O2/c22-17-12-10-16(11-13-17)20(25)24-19-9-5-4-8-18(19)21(26)23-14-15-6-2-1-3-7-15/h1-13H,14H2,(H,23,26)(H,24,25). The lowest BCUT2D eigenvalue weighted by atomic mass is 10.1. The molecule has 0 spiro atoms. The molecule has 0 radical (unpaired) electrons. The molecule has 0 heterocycles. The van der Waals surface area contributed by atoms with Crippen LogP contribution < -0.4 is 10.6 Å². The molecular formula is C21H17ClN2O2. The van der Waals surface area contributed by atoms with Gasteiger partial charge in [-0.1, -0.05) is 54.1 Å². The van der Waals surface area contributed by atoms with E-state index in [1.807, 2.05) is 30.3 Å². The van der Waals surface area contributed by atoms with Gasteiger partial charge in [-0.15, -0.1) is 0 Å². The lowest BCUT2D eigenvalue weighted by molar-refractivity contribution is 0.0952. The van der Waals surface area contributed by atoms with E-state index in [1.165, 1.54) is 0 Å². The normalized spacial score (nSPS) is 10.2. The van der Waals surface area contributed by atoms with Gasteiger partial charge in [0.25, 0.3) is 11.8 Å². The third-order valence-corrected chi connectivity index (χ3v) is 4.07. The number of anilines is 1. The van der Waals surface area contributed by atoms with E-state index in [2.05, 4.69) is 10.6 Å². The molecule has 0 saturated carbocycles. The lowest BCUT2D eigenvalue weighted by Gasteiger charge is -2.11. The molecule has 3 aromatic carbocycles. The number of hydrogen-bond acceptors (Lipinski definition) is 2. The summed E-state index contributed by atoms with van der Waals surface area (Å²) < 4.78 is 0. The molecule has 3 aromatic rings. The van der Waals surface area contributed by atoms with Gasteiger partial charge in [-0.25, -0.2) is 0 Å². The average molecular weight is 365 g/mol. The molecule has 0 atom stereocenters. The Balaban J connectivity index is 1.72. The number of benzene rings is 3. The smallest absolute Gasteiger partial charge is 0.255 e. The third-order valence-electron chi connectivity index (χ3n) is 3.82. The molecule has 0 aliphatic rings. The Bertz CT molecular complexity index is 909. The van der Waals surface area contributed by atoms with Crippen molar-refractivity contribution in [2.24, 2.45) is 0 Å². The number of amides is 2. The zero-order valence-electron chi connectivity index (χ0n) is 13.9. The summed E-state index contributed by atoms with van der Waals surface area (Å²) in [6, 6.07) is 23.1. The summed E-state index contributed by atoms with van der Waals surface area (Å²) >= 11 is 5.84. The van der Waals surface area contributed by atoms with Crippen LogP contribution in [-0.4, -0.2) is 11.8 Å². The maximum atomic E-state index is 12.5. The summed E-state index contributed by atoms with van der Waals surface area (Å²) in [4.78, 5) is 24.9. The van der Waals surface area contributed by atoms with Crippen molar-refractivity contribution in [3.8, 4) is 0 Å². The van der Waals surface area contributed by atoms with Crippen LogP contribution in [0.3, 0.4) is 0 Å². The fourth-order valence-electron chi connectivity index (χ4n) is 2.46. The summed E-state index contributed by atoms with van der Waals surface area (Å²) in [7, 11) is 0. The molecule has 2 N–H and O–H groups in total. The summed E-state index contributed by atoms with van der Waals surface area (Å²) in [5, 5.41) is 6.21. The second-order valence-electron chi connectivity index (χ2n) is 5.67. The van der Waals surface area contributed by atoms with Gasteiger partial charge in [-0.2, -0.15) is 0 Å². The van der Waals surface area contributed by atoms with Crippen LogP contribution in [0.4, 0.5) is 5.69 Å². The van der Waals surface area contributed by atoms with Gasteiger partial charge in [-0.05, 0) is 42.0 Å². The van der Waals surface area contributed by atoms with Crippen LogP contribution in [0, 0.1) is 0 Å². The Hall–Kier alpha value is -3.11. The Morgan fingerprint density at radius 3 is 2.15 bits per heavy atom. The van der Waals surface area contributed by atoms with Crippen molar-refractivity contribution in [3.05, 3.63) is 101 Å². The molecule has 0 unspecified atom stereocenters. The molecule has 0 bridgehead atoms. The number of carbonyl (C=O) groups excluding carboxylic acids is 2. The minimum atomic E-state index is -0.301. The Labute approximate surface area is 156 Å². The molecule has 0 aliphatic heterocycles. The van der Waals surface area contributed by atoms with Crippen molar-refractivity contribution in [2.45, 2.75) is 6.54 Å². The van der Waals surface area contributed by atoms with E-state index < -0.39 is 0 Å². The fraction of sp³-hybridized carbons (Fsp3) is 0.0476. The maximum absolute atomic E-state index is 12.5. The second-order valence-corrected chi connectivity index (χ2v) is 6.11. The summed E-state index contributed by atoms with van der Waals surface area (Å²) in [6.45, 7) is 0.416. The fourth-order valence-corrected chi connectivity index (χ4v) is 2.59.